The number of rotatable bonds is 6. The van der Waals surface area contributed by atoms with Crippen LogP contribution in [0.25, 0.3) is 0 Å². The van der Waals surface area contributed by atoms with Gasteiger partial charge in [0.2, 0.25) is 0 Å². The summed E-state index contributed by atoms with van der Waals surface area (Å²) in [4.78, 5) is 0. The minimum absolute atomic E-state index is 0.816. The first-order chi connectivity index (χ1) is 8.20. The molecule has 1 aromatic rings. The SMILES string of the molecule is COc1cc(C)c(C)cc1CCCNC1CC1. The smallest absolute Gasteiger partial charge is 0.122 e. The molecule has 1 aliphatic rings. The number of nitrogens with one attached hydrogen (secondary N) is 1. The monoisotopic (exact) mass is 233 g/mol. The summed E-state index contributed by atoms with van der Waals surface area (Å²) in [6.07, 6.45) is 5.03. The predicted octanol–water partition coefficient (Wildman–Crippen LogP) is 3.00. The Morgan fingerprint density at radius 2 is 1.94 bits per heavy atom. The molecule has 0 aliphatic heterocycles. The predicted molar refractivity (Wildman–Crippen MR) is 71.8 cm³/mol. The molecule has 17 heavy (non-hydrogen) atoms. The Morgan fingerprint density at radius 1 is 1.24 bits per heavy atom. The van der Waals surface area contributed by atoms with Crippen LogP contribution in [0.4, 0.5) is 0 Å². The number of hydrogen-bond acceptors (Lipinski definition) is 2. The molecule has 0 bridgehead atoms. The average Bonchev–Trinajstić information content (AvgIpc) is 3.12. The minimum atomic E-state index is 0.816. The first kappa shape index (κ1) is 12.4. The van der Waals surface area contributed by atoms with E-state index in [0.29, 0.717) is 0 Å². The second kappa shape index (κ2) is 5.54. The van der Waals surface area contributed by atoms with E-state index in [1.165, 1.54) is 36.0 Å². The molecule has 2 nitrogen and oxygen atoms in total. The van der Waals surface area contributed by atoms with Crippen LogP contribution in [-0.2, 0) is 6.42 Å². The van der Waals surface area contributed by atoms with E-state index in [1.54, 1.807) is 7.11 Å². The molecule has 0 spiro atoms. The summed E-state index contributed by atoms with van der Waals surface area (Å²) in [6, 6.07) is 5.24. The Bertz CT molecular complexity index is 383. The molecule has 0 saturated heterocycles. The van der Waals surface area contributed by atoms with Crippen molar-refractivity contribution >= 4 is 0 Å². The van der Waals surface area contributed by atoms with Gasteiger partial charge < -0.3 is 10.1 Å². The first-order valence-corrected chi connectivity index (χ1v) is 6.58. The lowest BCUT2D eigenvalue weighted by Gasteiger charge is -2.12. The highest BCUT2D eigenvalue weighted by Gasteiger charge is 2.19. The Labute approximate surface area is 104 Å². The van der Waals surface area contributed by atoms with Gasteiger partial charge in [0, 0.05) is 6.04 Å². The number of aryl methyl sites for hydroxylation is 3. The van der Waals surface area contributed by atoms with Gasteiger partial charge in [-0.3, -0.25) is 0 Å². The van der Waals surface area contributed by atoms with Crippen LogP contribution in [0.5, 0.6) is 5.75 Å². The van der Waals surface area contributed by atoms with Gasteiger partial charge in [-0.2, -0.15) is 0 Å². The van der Waals surface area contributed by atoms with Crippen molar-refractivity contribution in [1.29, 1.82) is 0 Å². The molecule has 0 aromatic heterocycles. The summed E-state index contributed by atoms with van der Waals surface area (Å²) in [7, 11) is 1.76. The third-order valence-electron chi connectivity index (χ3n) is 3.53. The van der Waals surface area contributed by atoms with Crippen molar-refractivity contribution in [2.75, 3.05) is 13.7 Å². The van der Waals surface area contributed by atoms with Crippen LogP contribution >= 0.6 is 0 Å². The second-order valence-electron chi connectivity index (χ2n) is 5.08. The zero-order chi connectivity index (χ0) is 12.3. The van der Waals surface area contributed by atoms with Crippen molar-refractivity contribution in [3.63, 3.8) is 0 Å². The Kier molecular flexibility index (Phi) is 4.06. The summed E-state index contributed by atoms with van der Waals surface area (Å²) in [5.74, 6) is 1.04. The molecule has 0 amide bonds. The van der Waals surface area contributed by atoms with Gasteiger partial charge in [0.25, 0.3) is 0 Å². The molecule has 94 valence electrons. The van der Waals surface area contributed by atoms with Gasteiger partial charge in [0.1, 0.15) is 5.75 Å². The number of hydrogen-bond donors (Lipinski definition) is 1. The largest absolute Gasteiger partial charge is 0.496 e. The third kappa shape index (κ3) is 3.47. The van der Waals surface area contributed by atoms with E-state index in [2.05, 4.69) is 31.3 Å². The van der Waals surface area contributed by atoms with Gasteiger partial charge in [0.05, 0.1) is 7.11 Å². The van der Waals surface area contributed by atoms with Crippen molar-refractivity contribution < 1.29 is 4.74 Å². The molecular formula is C15H23NO. The third-order valence-corrected chi connectivity index (χ3v) is 3.53. The maximum atomic E-state index is 5.45. The van der Waals surface area contributed by atoms with Gasteiger partial charge in [-0.25, -0.2) is 0 Å². The second-order valence-corrected chi connectivity index (χ2v) is 5.08. The lowest BCUT2D eigenvalue weighted by Crippen LogP contribution is -2.18. The van der Waals surface area contributed by atoms with Gasteiger partial charge in [0.15, 0.2) is 0 Å². The molecule has 2 rings (SSSR count). The van der Waals surface area contributed by atoms with Crippen molar-refractivity contribution in [2.24, 2.45) is 0 Å². The van der Waals surface area contributed by atoms with Gasteiger partial charge in [-0.15, -0.1) is 0 Å². The quantitative estimate of drug-likeness (QED) is 0.763. The highest BCUT2D eigenvalue weighted by Crippen LogP contribution is 2.24. The van der Waals surface area contributed by atoms with Crippen molar-refractivity contribution in [3.8, 4) is 5.75 Å². The van der Waals surface area contributed by atoms with Crippen molar-refractivity contribution in [3.05, 3.63) is 28.8 Å². The van der Waals surface area contributed by atoms with Crippen LogP contribution < -0.4 is 10.1 Å². The molecule has 0 unspecified atom stereocenters. The standard InChI is InChI=1S/C15H23NO/c1-11-9-13(15(17-3)10-12(11)2)5-4-8-16-14-6-7-14/h9-10,14,16H,4-8H2,1-3H3. The average molecular weight is 233 g/mol. The summed E-state index contributed by atoms with van der Waals surface area (Å²) in [5.41, 5.74) is 4.01. The molecular weight excluding hydrogens is 210 g/mol. The Balaban J connectivity index is 1.90. The summed E-state index contributed by atoms with van der Waals surface area (Å²) in [6.45, 7) is 5.43. The highest BCUT2D eigenvalue weighted by molar-refractivity contribution is 5.41. The van der Waals surface area contributed by atoms with Crippen LogP contribution in [0.15, 0.2) is 12.1 Å². The van der Waals surface area contributed by atoms with E-state index in [0.717, 1.165) is 24.8 Å². The molecule has 1 fully saturated rings. The maximum Gasteiger partial charge on any atom is 0.122 e. The first-order valence-electron chi connectivity index (χ1n) is 6.58. The van der Waals surface area contributed by atoms with Crippen LogP contribution in [0.2, 0.25) is 0 Å². The van der Waals surface area contributed by atoms with Crippen LogP contribution in [0.1, 0.15) is 36.0 Å². The number of ether oxygens (including phenoxy) is 1. The molecule has 1 saturated carbocycles. The van der Waals surface area contributed by atoms with Gasteiger partial charge >= 0.3 is 0 Å². The lowest BCUT2D eigenvalue weighted by molar-refractivity contribution is 0.408. The summed E-state index contributed by atoms with van der Waals surface area (Å²) < 4.78 is 5.45. The molecule has 1 aliphatic carbocycles. The lowest BCUT2D eigenvalue weighted by atomic mass is 10.0. The van der Waals surface area contributed by atoms with Gasteiger partial charge in [-0.1, -0.05) is 6.07 Å². The zero-order valence-electron chi connectivity index (χ0n) is 11.2. The maximum absolute atomic E-state index is 5.45. The fourth-order valence-electron chi connectivity index (χ4n) is 2.11. The molecule has 0 heterocycles. The van der Waals surface area contributed by atoms with E-state index in [9.17, 15) is 0 Å². The van der Waals surface area contributed by atoms with Crippen LogP contribution in [-0.4, -0.2) is 19.7 Å². The molecule has 0 radical (unpaired) electrons. The van der Waals surface area contributed by atoms with Crippen LogP contribution in [0, 0.1) is 13.8 Å². The molecule has 1 aromatic carbocycles. The Hall–Kier alpha value is -1.02. The van der Waals surface area contributed by atoms with Crippen molar-refractivity contribution in [2.45, 2.75) is 45.6 Å². The molecule has 0 atom stereocenters. The van der Waals surface area contributed by atoms with E-state index < -0.39 is 0 Å². The summed E-state index contributed by atoms with van der Waals surface area (Å²) >= 11 is 0. The number of benzene rings is 1. The normalized spacial score (nSPS) is 15.0. The van der Waals surface area contributed by atoms with Crippen molar-refractivity contribution in [1.82, 2.24) is 5.32 Å². The highest BCUT2D eigenvalue weighted by atomic mass is 16.5. The minimum Gasteiger partial charge on any atom is -0.496 e. The molecule has 2 heteroatoms. The summed E-state index contributed by atoms with van der Waals surface area (Å²) in [5, 5.41) is 3.55. The van der Waals surface area contributed by atoms with E-state index >= 15 is 0 Å². The fourth-order valence-corrected chi connectivity index (χ4v) is 2.11. The van der Waals surface area contributed by atoms with Crippen LogP contribution in [0.3, 0.4) is 0 Å². The fraction of sp³-hybridized carbons (Fsp3) is 0.600. The number of methoxy groups -OCH3 is 1. The molecule has 1 N–H and O–H groups in total. The van der Waals surface area contributed by atoms with E-state index in [4.69, 9.17) is 4.74 Å². The van der Waals surface area contributed by atoms with E-state index in [1.807, 2.05) is 0 Å². The van der Waals surface area contributed by atoms with E-state index in [-0.39, 0.29) is 0 Å². The zero-order valence-corrected chi connectivity index (χ0v) is 11.2. The van der Waals surface area contributed by atoms with Gasteiger partial charge in [-0.05, 0) is 68.8 Å². The Morgan fingerprint density at radius 3 is 2.59 bits per heavy atom. The topological polar surface area (TPSA) is 21.3 Å².